The number of hydrogen-bond donors (Lipinski definition) is 0. The van der Waals surface area contributed by atoms with Crippen LogP contribution in [-0.2, 0) is 16.2 Å². The van der Waals surface area contributed by atoms with E-state index >= 15 is 0 Å². The van der Waals surface area contributed by atoms with Crippen LogP contribution >= 0.6 is 0 Å². The second-order valence-corrected chi connectivity index (χ2v) is 16.1. The van der Waals surface area contributed by atoms with Crippen LogP contribution in [0.2, 0.25) is 0 Å². The first-order chi connectivity index (χ1) is 23.5. The Morgan fingerprint density at radius 1 is 0.490 bits per heavy atom. The third-order valence-corrected chi connectivity index (χ3v) is 11.4. The van der Waals surface area contributed by atoms with Gasteiger partial charge in [-0.1, -0.05) is 164 Å². The first-order valence-electron chi connectivity index (χ1n) is 17.7. The lowest BCUT2D eigenvalue weighted by Gasteiger charge is -2.39. The molecule has 0 aromatic heterocycles. The Morgan fingerprint density at radius 2 is 0.959 bits per heavy atom. The Kier molecular flexibility index (Phi) is 6.23. The number of rotatable bonds is 3. The number of fused-ring (bicyclic) bond motifs is 9. The predicted molar refractivity (Wildman–Crippen MR) is 210 cm³/mol. The van der Waals surface area contributed by atoms with Gasteiger partial charge in [0.25, 0.3) is 0 Å². The van der Waals surface area contributed by atoms with Crippen molar-refractivity contribution in [1.29, 1.82) is 0 Å². The summed E-state index contributed by atoms with van der Waals surface area (Å²) < 4.78 is 0. The van der Waals surface area contributed by atoms with E-state index in [1.54, 1.807) is 0 Å². The van der Waals surface area contributed by atoms with E-state index < -0.39 is 0 Å². The average Bonchev–Trinajstić information content (AvgIpc) is 3.48. The molecule has 7 aromatic rings. The summed E-state index contributed by atoms with van der Waals surface area (Å²) in [6, 6.07) is 49.8. The molecule has 0 N–H and O–H groups in total. The molecule has 0 unspecified atom stereocenters. The van der Waals surface area contributed by atoms with E-state index in [1.807, 2.05) is 0 Å². The van der Waals surface area contributed by atoms with Crippen molar-refractivity contribution in [2.75, 3.05) is 4.90 Å². The standard InChI is InChI=1S/C48H43N/c1-46(2,3)42-40-35-25-15-17-27-37(35)47(4,5)43(40)45(44-41(42)36-26-16-18-28-38(36)48(44,6)7)49(31-20-9-8-10-21-31)39-29-30-19-11-12-22-32(30)33-23-13-14-24-34(33)39/h8-29H,1-7H3. The van der Waals surface area contributed by atoms with Gasteiger partial charge in [-0.15, -0.1) is 0 Å². The fraction of sp³-hybridized carbons (Fsp3) is 0.208. The van der Waals surface area contributed by atoms with Gasteiger partial charge in [-0.3, -0.25) is 0 Å². The van der Waals surface area contributed by atoms with Crippen LogP contribution in [0.25, 0.3) is 43.8 Å². The average molecular weight is 634 g/mol. The highest BCUT2D eigenvalue weighted by molar-refractivity contribution is 6.15. The Balaban J connectivity index is 1.56. The summed E-state index contributed by atoms with van der Waals surface area (Å²) in [5, 5.41) is 5.08. The van der Waals surface area contributed by atoms with E-state index in [4.69, 9.17) is 0 Å². The third-order valence-electron chi connectivity index (χ3n) is 11.4. The summed E-state index contributed by atoms with van der Waals surface area (Å²) >= 11 is 0. The van der Waals surface area contributed by atoms with Crippen molar-refractivity contribution in [1.82, 2.24) is 0 Å². The largest absolute Gasteiger partial charge is 0.309 e. The second kappa shape index (κ2) is 10.2. The SMILES string of the molecule is CC(C)(C)c1c2c(c(N(c3ccccc3)c3cc4ccccc4c4ccccc34)c3c1-c1ccccc1C3(C)C)C(C)(C)c1ccccc1-2. The van der Waals surface area contributed by atoms with Crippen LogP contribution < -0.4 is 4.90 Å². The molecule has 1 heteroatoms. The van der Waals surface area contributed by atoms with Crippen LogP contribution in [0.5, 0.6) is 0 Å². The molecule has 0 heterocycles. The molecule has 240 valence electrons. The van der Waals surface area contributed by atoms with Crippen molar-refractivity contribution in [3.63, 3.8) is 0 Å². The molecule has 0 saturated carbocycles. The fourth-order valence-electron chi connectivity index (χ4n) is 9.41. The van der Waals surface area contributed by atoms with E-state index in [0.29, 0.717) is 0 Å². The first kappa shape index (κ1) is 30.0. The Hall–Kier alpha value is -5.14. The second-order valence-electron chi connectivity index (χ2n) is 16.1. The Morgan fingerprint density at radius 3 is 1.53 bits per heavy atom. The van der Waals surface area contributed by atoms with Gasteiger partial charge in [-0.05, 0) is 89.8 Å². The van der Waals surface area contributed by atoms with E-state index in [0.717, 1.165) is 0 Å². The molecule has 0 fully saturated rings. The zero-order chi connectivity index (χ0) is 33.9. The van der Waals surface area contributed by atoms with Crippen LogP contribution in [0.15, 0.2) is 133 Å². The molecule has 0 spiro atoms. The minimum atomic E-state index is -0.235. The zero-order valence-electron chi connectivity index (χ0n) is 29.6. The quantitative estimate of drug-likeness (QED) is 0.175. The highest BCUT2D eigenvalue weighted by atomic mass is 15.2. The molecule has 0 saturated heterocycles. The van der Waals surface area contributed by atoms with E-state index in [9.17, 15) is 0 Å². The van der Waals surface area contributed by atoms with Gasteiger partial charge in [0.05, 0.1) is 11.4 Å². The van der Waals surface area contributed by atoms with Crippen molar-refractivity contribution >= 4 is 38.6 Å². The van der Waals surface area contributed by atoms with Crippen molar-refractivity contribution in [2.24, 2.45) is 0 Å². The lowest BCUT2D eigenvalue weighted by molar-refractivity contribution is 0.587. The fourth-order valence-corrected chi connectivity index (χ4v) is 9.41. The van der Waals surface area contributed by atoms with E-state index in [2.05, 4.69) is 187 Å². The molecule has 49 heavy (non-hydrogen) atoms. The number of nitrogens with zero attached hydrogens (tertiary/aromatic N) is 1. The number of anilines is 3. The molecule has 2 aliphatic carbocycles. The van der Waals surface area contributed by atoms with Gasteiger partial charge >= 0.3 is 0 Å². The Labute approximate surface area is 290 Å². The molecule has 1 nitrogen and oxygen atoms in total. The van der Waals surface area contributed by atoms with Crippen LogP contribution in [0, 0.1) is 0 Å². The topological polar surface area (TPSA) is 3.24 Å². The summed E-state index contributed by atoms with van der Waals surface area (Å²) in [6.07, 6.45) is 0. The summed E-state index contributed by atoms with van der Waals surface area (Å²) in [6.45, 7) is 17.1. The minimum absolute atomic E-state index is 0.0962. The van der Waals surface area contributed by atoms with Gasteiger partial charge in [0.2, 0.25) is 0 Å². The van der Waals surface area contributed by atoms with Crippen molar-refractivity contribution in [3.8, 4) is 22.3 Å². The molecule has 9 rings (SSSR count). The Bertz CT molecular complexity index is 2390. The molecular formula is C48H43N. The molecule has 7 aromatic carbocycles. The maximum Gasteiger partial charge on any atom is 0.0556 e. The normalized spacial score (nSPS) is 15.2. The molecule has 0 atom stereocenters. The first-order valence-corrected chi connectivity index (χ1v) is 17.7. The van der Waals surface area contributed by atoms with E-state index in [1.165, 1.54) is 88.7 Å². The number of benzene rings is 7. The van der Waals surface area contributed by atoms with Gasteiger partial charge < -0.3 is 4.90 Å². The van der Waals surface area contributed by atoms with Crippen LogP contribution in [-0.4, -0.2) is 0 Å². The maximum absolute atomic E-state index is 2.64. The third kappa shape index (κ3) is 4.05. The predicted octanol–water partition coefficient (Wildman–Crippen LogP) is 13.4. The molecule has 0 aliphatic heterocycles. The molecule has 0 radical (unpaired) electrons. The number of hydrogen-bond acceptors (Lipinski definition) is 1. The van der Waals surface area contributed by atoms with Gasteiger partial charge in [-0.25, -0.2) is 0 Å². The summed E-state index contributed by atoms with van der Waals surface area (Å²) in [4.78, 5) is 2.64. The summed E-state index contributed by atoms with van der Waals surface area (Å²) in [5.41, 5.74) is 15.9. The van der Waals surface area contributed by atoms with Gasteiger partial charge in [0.15, 0.2) is 0 Å². The maximum atomic E-state index is 2.64. The van der Waals surface area contributed by atoms with Crippen LogP contribution in [0.3, 0.4) is 0 Å². The summed E-state index contributed by atoms with van der Waals surface area (Å²) in [7, 11) is 0. The monoisotopic (exact) mass is 633 g/mol. The highest BCUT2D eigenvalue weighted by Gasteiger charge is 2.50. The van der Waals surface area contributed by atoms with Gasteiger partial charge in [0.1, 0.15) is 0 Å². The van der Waals surface area contributed by atoms with Crippen molar-refractivity contribution < 1.29 is 0 Å². The van der Waals surface area contributed by atoms with Crippen LogP contribution in [0.1, 0.15) is 76.3 Å². The van der Waals surface area contributed by atoms with Gasteiger partial charge in [-0.2, -0.15) is 0 Å². The molecule has 0 bridgehead atoms. The minimum Gasteiger partial charge on any atom is -0.309 e. The molecule has 0 amide bonds. The highest BCUT2D eigenvalue weighted by Crippen LogP contribution is 2.66. The van der Waals surface area contributed by atoms with Crippen molar-refractivity contribution in [2.45, 2.75) is 64.7 Å². The summed E-state index contributed by atoms with van der Waals surface area (Å²) in [5.74, 6) is 0. The lowest BCUT2D eigenvalue weighted by atomic mass is 9.70. The van der Waals surface area contributed by atoms with Crippen molar-refractivity contribution in [3.05, 3.63) is 161 Å². The van der Waals surface area contributed by atoms with Crippen LogP contribution in [0.4, 0.5) is 17.1 Å². The molecular weight excluding hydrogens is 591 g/mol. The number of para-hydroxylation sites is 1. The molecule has 2 aliphatic rings. The van der Waals surface area contributed by atoms with Gasteiger partial charge in [0, 0.05) is 21.9 Å². The van der Waals surface area contributed by atoms with E-state index in [-0.39, 0.29) is 16.2 Å². The lowest BCUT2D eigenvalue weighted by Crippen LogP contribution is -2.28. The zero-order valence-corrected chi connectivity index (χ0v) is 29.6. The smallest absolute Gasteiger partial charge is 0.0556 e.